The zero-order valence-electron chi connectivity index (χ0n) is 17.7. The van der Waals surface area contributed by atoms with E-state index in [1.165, 1.54) is 6.20 Å². The molecule has 4 rings (SSSR count). The lowest BCUT2D eigenvalue weighted by Gasteiger charge is -2.24. The molecule has 0 aromatic carbocycles. The summed E-state index contributed by atoms with van der Waals surface area (Å²) in [5.74, 6) is 0.790. The zero-order chi connectivity index (χ0) is 22.4. The summed E-state index contributed by atoms with van der Waals surface area (Å²) in [6, 6.07) is -0.697. The van der Waals surface area contributed by atoms with Crippen LogP contribution >= 0.6 is 11.6 Å². The third-order valence-corrected chi connectivity index (χ3v) is 7.70. The first-order valence-electron chi connectivity index (χ1n) is 9.83. The molecule has 0 saturated carbocycles. The summed E-state index contributed by atoms with van der Waals surface area (Å²) in [6.45, 7) is 5.51. The maximum Gasteiger partial charge on any atom is 0.229 e. The van der Waals surface area contributed by atoms with Crippen molar-refractivity contribution >= 4 is 39.1 Å². The van der Waals surface area contributed by atoms with Crippen LogP contribution in [0.1, 0.15) is 20.8 Å². The largest absolute Gasteiger partial charge is 0.371 e. The van der Waals surface area contributed by atoms with Gasteiger partial charge in [0.1, 0.15) is 17.2 Å². The Hall–Kier alpha value is -1.99. The fourth-order valence-corrected chi connectivity index (χ4v) is 4.52. The van der Waals surface area contributed by atoms with Gasteiger partial charge in [0.25, 0.3) is 0 Å². The molecular weight excluding hydrogens is 446 g/mol. The first kappa shape index (κ1) is 22.2. The fraction of sp³-hybridized carbons (Fsp3) is 0.611. The molecule has 4 atom stereocenters. The molecule has 3 unspecified atom stereocenters. The van der Waals surface area contributed by atoms with E-state index in [1.54, 1.807) is 37.8 Å². The SMILES string of the molecule is Cn1cc(Nc2ncc(Cl)c(N[C@@H]3COC4C(NS(=O)(=O)C(C)(C)C)COC43)n2)cn1. The van der Waals surface area contributed by atoms with E-state index in [0.29, 0.717) is 23.4 Å². The maximum atomic E-state index is 12.5. The minimum Gasteiger partial charge on any atom is -0.371 e. The molecule has 0 aliphatic carbocycles. The Balaban J connectivity index is 1.44. The average molecular weight is 472 g/mol. The second kappa shape index (κ2) is 8.17. The normalized spacial score (nSPS) is 26.1. The Labute approximate surface area is 185 Å². The number of anilines is 3. The molecule has 3 N–H and O–H groups in total. The Kier molecular flexibility index (Phi) is 5.85. The molecule has 2 aliphatic heterocycles. The number of nitrogens with zero attached hydrogens (tertiary/aromatic N) is 4. The van der Waals surface area contributed by atoms with Crippen molar-refractivity contribution in [1.82, 2.24) is 24.5 Å². The summed E-state index contributed by atoms with van der Waals surface area (Å²) in [6.07, 6.45) is 4.22. The minimum absolute atomic E-state index is 0.230. The molecule has 0 spiro atoms. The molecule has 2 aliphatic rings. The summed E-state index contributed by atoms with van der Waals surface area (Å²) in [7, 11) is -1.71. The predicted octanol–water partition coefficient (Wildman–Crippen LogP) is 1.27. The highest BCUT2D eigenvalue weighted by molar-refractivity contribution is 7.90. The second-order valence-electron chi connectivity index (χ2n) is 8.60. The molecule has 2 aromatic rings. The fourth-order valence-electron chi connectivity index (χ4n) is 3.42. The molecule has 0 bridgehead atoms. The van der Waals surface area contributed by atoms with Crippen molar-refractivity contribution in [3.8, 4) is 0 Å². The number of fused-ring (bicyclic) bond motifs is 1. The Morgan fingerprint density at radius 3 is 2.48 bits per heavy atom. The summed E-state index contributed by atoms with van der Waals surface area (Å²) >= 11 is 6.29. The van der Waals surface area contributed by atoms with Gasteiger partial charge in [0.05, 0.1) is 48.1 Å². The lowest BCUT2D eigenvalue weighted by atomic mass is 10.1. The third-order valence-electron chi connectivity index (χ3n) is 5.19. The summed E-state index contributed by atoms with van der Waals surface area (Å²) in [5, 5.41) is 10.8. The van der Waals surface area contributed by atoms with Crippen molar-refractivity contribution in [3.05, 3.63) is 23.6 Å². The third kappa shape index (κ3) is 4.62. The molecule has 13 heteroatoms. The number of sulfonamides is 1. The first-order chi connectivity index (χ1) is 14.5. The highest BCUT2D eigenvalue weighted by Crippen LogP contribution is 2.31. The quantitative estimate of drug-likeness (QED) is 0.569. The topological polar surface area (TPSA) is 132 Å². The van der Waals surface area contributed by atoms with E-state index in [9.17, 15) is 8.42 Å². The van der Waals surface area contributed by atoms with Gasteiger partial charge in [0.15, 0.2) is 5.82 Å². The number of hydrogen-bond donors (Lipinski definition) is 3. The zero-order valence-corrected chi connectivity index (χ0v) is 19.2. The predicted molar refractivity (Wildman–Crippen MR) is 116 cm³/mol. The summed E-state index contributed by atoms with van der Waals surface area (Å²) in [5.41, 5.74) is 0.744. The number of aromatic nitrogens is 4. The molecule has 170 valence electrons. The van der Waals surface area contributed by atoms with Gasteiger partial charge >= 0.3 is 0 Å². The van der Waals surface area contributed by atoms with Crippen molar-refractivity contribution in [2.24, 2.45) is 7.05 Å². The Morgan fingerprint density at radius 2 is 1.84 bits per heavy atom. The van der Waals surface area contributed by atoms with Crippen LogP contribution < -0.4 is 15.4 Å². The molecule has 2 fully saturated rings. The van der Waals surface area contributed by atoms with Gasteiger partial charge in [-0.1, -0.05) is 11.6 Å². The van der Waals surface area contributed by atoms with Crippen LogP contribution in [0.15, 0.2) is 18.6 Å². The van der Waals surface area contributed by atoms with Gasteiger partial charge in [-0.15, -0.1) is 0 Å². The van der Waals surface area contributed by atoms with Crippen molar-refractivity contribution < 1.29 is 17.9 Å². The Morgan fingerprint density at radius 1 is 1.16 bits per heavy atom. The molecule has 2 aromatic heterocycles. The van der Waals surface area contributed by atoms with Crippen molar-refractivity contribution in [1.29, 1.82) is 0 Å². The van der Waals surface area contributed by atoms with Crippen LogP contribution in [0.5, 0.6) is 0 Å². The van der Waals surface area contributed by atoms with Gasteiger partial charge in [-0.3, -0.25) is 4.68 Å². The first-order valence-corrected chi connectivity index (χ1v) is 11.7. The van der Waals surface area contributed by atoms with Gasteiger partial charge in [-0.2, -0.15) is 10.1 Å². The molecule has 31 heavy (non-hydrogen) atoms. The van der Waals surface area contributed by atoms with Crippen LogP contribution in [-0.4, -0.2) is 70.4 Å². The van der Waals surface area contributed by atoms with Gasteiger partial charge in [-0.25, -0.2) is 18.1 Å². The van der Waals surface area contributed by atoms with Gasteiger partial charge in [0.2, 0.25) is 16.0 Å². The minimum atomic E-state index is -3.52. The van der Waals surface area contributed by atoms with Crippen molar-refractivity contribution in [3.63, 3.8) is 0 Å². The van der Waals surface area contributed by atoms with Crippen LogP contribution in [0, 0.1) is 0 Å². The van der Waals surface area contributed by atoms with Gasteiger partial charge in [0, 0.05) is 13.2 Å². The van der Waals surface area contributed by atoms with Gasteiger partial charge < -0.3 is 20.1 Å². The summed E-state index contributed by atoms with van der Waals surface area (Å²) in [4.78, 5) is 8.63. The van der Waals surface area contributed by atoms with Crippen LogP contribution in [0.2, 0.25) is 5.02 Å². The van der Waals surface area contributed by atoms with Crippen LogP contribution in [0.4, 0.5) is 17.5 Å². The molecule has 11 nitrogen and oxygen atoms in total. The number of aryl methyl sites for hydroxylation is 1. The van der Waals surface area contributed by atoms with Crippen LogP contribution in [-0.2, 0) is 26.5 Å². The highest BCUT2D eigenvalue weighted by Gasteiger charge is 2.50. The maximum absolute atomic E-state index is 12.5. The summed E-state index contributed by atoms with van der Waals surface area (Å²) < 4.78 is 40.2. The lowest BCUT2D eigenvalue weighted by Crippen LogP contribution is -2.50. The number of ether oxygens (including phenoxy) is 2. The van der Waals surface area contributed by atoms with E-state index < -0.39 is 26.9 Å². The molecule has 2 saturated heterocycles. The smallest absolute Gasteiger partial charge is 0.229 e. The average Bonchev–Trinajstić information content (AvgIpc) is 3.36. The van der Waals surface area contributed by atoms with E-state index in [2.05, 4.69) is 30.4 Å². The van der Waals surface area contributed by atoms with E-state index in [1.807, 2.05) is 7.05 Å². The second-order valence-corrected chi connectivity index (χ2v) is 11.5. The van der Waals surface area contributed by atoms with Crippen molar-refractivity contribution in [2.75, 3.05) is 23.8 Å². The highest BCUT2D eigenvalue weighted by atomic mass is 35.5. The van der Waals surface area contributed by atoms with E-state index in [-0.39, 0.29) is 18.8 Å². The lowest BCUT2D eigenvalue weighted by molar-refractivity contribution is 0.0690. The van der Waals surface area contributed by atoms with Crippen molar-refractivity contribution in [2.45, 2.75) is 49.8 Å². The standard InChI is InChI=1S/C18H26ClN7O4S/c1-18(2,3)31(27,28)25-13-9-30-14-12(8-29-15(13)14)23-16-11(19)6-20-17(24-16)22-10-5-21-26(4)7-10/h5-7,12-15,25H,8-9H2,1-4H3,(H2,20,22,23,24)/t12-,13?,14?,15?/m1/s1. The van der Waals surface area contributed by atoms with Gasteiger partial charge in [-0.05, 0) is 20.8 Å². The molecule has 0 radical (unpaired) electrons. The Bertz CT molecular complexity index is 1060. The van der Waals surface area contributed by atoms with E-state index >= 15 is 0 Å². The number of halogens is 1. The van der Waals surface area contributed by atoms with E-state index in [4.69, 9.17) is 21.1 Å². The molecule has 0 amide bonds. The monoisotopic (exact) mass is 471 g/mol. The molecule has 4 heterocycles. The number of nitrogens with one attached hydrogen (secondary N) is 3. The number of hydrogen-bond acceptors (Lipinski definition) is 9. The number of rotatable bonds is 6. The van der Waals surface area contributed by atoms with E-state index in [0.717, 1.165) is 5.69 Å². The van der Waals surface area contributed by atoms with Crippen LogP contribution in [0.3, 0.4) is 0 Å². The van der Waals surface area contributed by atoms with Crippen LogP contribution in [0.25, 0.3) is 0 Å². The molecular formula is C18H26ClN7O4S.